The van der Waals surface area contributed by atoms with Crippen LogP contribution in [0.1, 0.15) is 24.2 Å². The first-order valence-corrected chi connectivity index (χ1v) is 8.23. The van der Waals surface area contributed by atoms with Crippen LogP contribution in [0.3, 0.4) is 0 Å². The van der Waals surface area contributed by atoms with Gasteiger partial charge < -0.3 is 14.0 Å². The van der Waals surface area contributed by atoms with E-state index in [4.69, 9.17) is 4.74 Å². The highest BCUT2D eigenvalue weighted by atomic mass is 16.5. The van der Waals surface area contributed by atoms with E-state index in [2.05, 4.69) is 16.8 Å². The molecule has 0 bridgehead atoms. The van der Waals surface area contributed by atoms with Gasteiger partial charge in [-0.05, 0) is 26.0 Å². The Hall–Kier alpha value is -1.92. The summed E-state index contributed by atoms with van der Waals surface area (Å²) in [6.45, 7) is 9.03. The highest BCUT2D eigenvalue weighted by Crippen LogP contribution is 2.14. The van der Waals surface area contributed by atoms with E-state index in [0.29, 0.717) is 11.6 Å². The zero-order chi connectivity index (χ0) is 16.2. The molecule has 1 saturated heterocycles. The van der Waals surface area contributed by atoms with E-state index < -0.39 is 0 Å². The highest BCUT2D eigenvalue weighted by molar-refractivity contribution is 5.94. The number of fused-ring (bicyclic) bond motifs is 1. The van der Waals surface area contributed by atoms with Crippen molar-refractivity contribution in [3.63, 3.8) is 0 Å². The van der Waals surface area contributed by atoms with E-state index in [1.807, 2.05) is 40.8 Å². The molecule has 2 aromatic heterocycles. The molecule has 124 valence electrons. The van der Waals surface area contributed by atoms with Crippen molar-refractivity contribution >= 4 is 11.6 Å². The molecule has 6 heteroatoms. The van der Waals surface area contributed by atoms with Crippen molar-refractivity contribution in [2.75, 3.05) is 39.4 Å². The maximum Gasteiger partial charge on any atom is 0.255 e. The van der Waals surface area contributed by atoms with Crippen molar-refractivity contribution in [3.8, 4) is 0 Å². The Morgan fingerprint density at radius 3 is 3.04 bits per heavy atom. The van der Waals surface area contributed by atoms with Gasteiger partial charge in [-0.2, -0.15) is 0 Å². The van der Waals surface area contributed by atoms with Gasteiger partial charge in [-0.15, -0.1) is 0 Å². The molecule has 3 rings (SSSR count). The molecule has 0 aliphatic carbocycles. The zero-order valence-corrected chi connectivity index (χ0v) is 13.8. The van der Waals surface area contributed by atoms with E-state index in [1.165, 1.54) is 0 Å². The van der Waals surface area contributed by atoms with Crippen LogP contribution in [0.4, 0.5) is 0 Å². The van der Waals surface area contributed by atoms with Crippen LogP contribution in [0, 0.1) is 0 Å². The van der Waals surface area contributed by atoms with Crippen LogP contribution in [0.25, 0.3) is 5.65 Å². The molecule has 2 aromatic rings. The standard InChI is InChI=1S/C17H24N4O2/c1-3-23-11-10-19-8-9-21(12-14(19)2)17(22)15-4-5-16-18-6-7-20(16)13-15/h4-7,13-14H,3,8-12H2,1-2H3. The zero-order valence-electron chi connectivity index (χ0n) is 13.8. The number of carbonyl (C=O) groups is 1. The Kier molecular flexibility index (Phi) is 4.93. The van der Waals surface area contributed by atoms with E-state index in [9.17, 15) is 4.79 Å². The smallest absolute Gasteiger partial charge is 0.255 e. The highest BCUT2D eigenvalue weighted by Gasteiger charge is 2.27. The lowest BCUT2D eigenvalue weighted by Crippen LogP contribution is -2.54. The second-order valence-electron chi connectivity index (χ2n) is 5.94. The first-order chi connectivity index (χ1) is 11.2. The summed E-state index contributed by atoms with van der Waals surface area (Å²) in [4.78, 5) is 21.3. The van der Waals surface area contributed by atoms with Gasteiger partial charge in [0, 0.05) is 57.4 Å². The van der Waals surface area contributed by atoms with Crippen molar-refractivity contribution in [2.24, 2.45) is 0 Å². The summed E-state index contributed by atoms with van der Waals surface area (Å²) in [6, 6.07) is 4.09. The minimum atomic E-state index is 0.0944. The lowest BCUT2D eigenvalue weighted by atomic mass is 10.1. The van der Waals surface area contributed by atoms with E-state index in [-0.39, 0.29) is 5.91 Å². The first kappa shape index (κ1) is 16.0. The Bertz CT molecular complexity index is 669. The van der Waals surface area contributed by atoms with Gasteiger partial charge in [-0.1, -0.05) is 0 Å². The largest absolute Gasteiger partial charge is 0.380 e. The van der Waals surface area contributed by atoms with E-state index in [1.54, 1.807) is 6.20 Å². The fourth-order valence-electron chi connectivity index (χ4n) is 3.07. The minimum absolute atomic E-state index is 0.0944. The third kappa shape index (κ3) is 3.54. The SMILES string of the molecule is CCOCCN1CCN(C(=O)c2ccc3nccn3c2)CC1C. The third-order valence-electron chi connectivity index (χ3n) is 4.41. The molecule has 0 spiro atoms. The average Bonchev–Trinajstić information content (AvgIpc) is 3.03. The van der Waals surface area contributed by atoms with Gasteiger partial charge in [0.15, 0.2) is 0 Å². The number of rotatable bonds is 5. The van der Waals surface area contributed by atoms with Crippen LogP contribution in [0.5, 0.6) is 0 Å². The Morgan fingerprint density at radius 1 is 1.39 bits per heavy atom. The molecule has 3 heterocycles. The molecule has 23 heavy (non-hydrogen) atoms. The summed E-state index contributed by atoms with van der Waals surface area (Å²) in [5.74, 6) is 0.0944. The molecule has 1 unspecified atom stereocenters. The van der Waals surface area contributed by atoms with Crippen molar-refractivity contribution in [2.45, 2.75) is 19.9 Å². The lowest BCUT2D eigenvalue weighted by Gasteiger charge is -2.39. The molecule has 0 radical (unpaired) electrons. The molecule has 1 aliphatic rings. The summed E-state index contributed by atoms with van der Waals surface area (Å²) in [6.07, 6.45) is 5.46. The number of carbonyl (C=O) groups excluding carboxylic acids is 1. The Labute approximate surface area is 136 Å². The summed E-state index contributed by atoms with van der Waals surface area (Å²) >= 11 is 0. The van der Waals surface area contributed by atoms with E-state index in [0.717, 1.165) is 45.0 Å². The number of piperazine rings is 1. The van der Waals surface area contributed by atoms with Crippen molar-refractivity contribution < 1.29 is 9.53 Å². The molecule has 1 fully saturated rings. The van der Waals surface area contributed by atoms with Gasteiger partial charge in [0.25, 0.3) is 5.91 Å². The number of pyridine rings is 1. The van der Waals surface area contributed by atoms with Gasteiger partial charge in [0.1, 0.15) is 5.65 Å². The van der Waals surface area contributed by atoms with Crippen LogP contribution in [0.2, 0.25) is 0 Å². The number of aromatic nitrogens is 2. The maximum atomic E-state index is 12.7. The molecule has 1 amide bonds. The third-order valence-corrected chi connectivity index (χ3v) is 4.41. The fourth-order valence-corrected chi connectivity index (χ4v) is 3.07. The topological polar surface area (TPSA) is 50.1 Å². The molecule has 6 nitrogen and oxygen atoms in total. The minimum Gasteiger partial charge on any atom is -0.380 e. The van der Waals surface area contributed by atoms with Gasteiger partial charge in [-0.3, -0.25) is 9.69 Å². The quantitative estimate of drug-likeness (QED) is 0.785. The molecular formula is C17H24N4O2. The summed E-state index contributed by atoms with van der Waals surface area (Å²) in [7, 11) is 0. The van der Waals surface area contributed by atoms with Crippen molar-refractivity contribution in [1.82, 2.24) is 19.2 Å². The van der Waals surface area contributed by atoms with Gasteiger partial charge in [-0.25, -0.2) is 4.98 Å². The number of hydrogen-bond acceptors (Lipinski definition) is 4. The van der Waals surface area contributed by atoms with Gasteiger partial charge in [0.2, 0.25) is 0 Å². The van der Waals surface area contributed by atoms with Crippen molar-refractivity contribution in [3.05, 3.63) is 36.3 Å². The van der Waals surface area contributed by atoms with Gasteiger partial charge >= 0.3 is 0 Å². The molecule has 1 atom stereocenters. The molecule has 0 saturated carbocycles. The maximum absolute atomic E-state index is 12.7. The summed E-state index contributed by atoms with van der Waals surface area (Å²) in [5.41, 5.74) is 1.57. The fraction of sp³-hybridized carbons (Fsp3) is 0.529. The number of amides is 1. The monoisotopic (exact) mass is 316 g/mol. The van der Waals surface area contributed by atoms with Crippen LogP contribution >= 0.6 is 0 Å². The number of ether oxygens (including phenoxy) is 1. The van der Waals surface area contributed by atoms with Gasteiger partial charge in [0.05, 0.1) is 12.2 Å². The molecule has 0 aromatic carbocycles. The summed E-state index contributed by atoms with van der Waals surface area (Å²) < 4.78 is 7.31. The normalized spacial score (nSPS) is 19.4. The van der Waals surface area contributed by atoms with Crippen LogP contribution in [-0.4, -0.2) is 70.5 Å². The Morgan fingerprint density at radius 2 is 2.26 bits per heavy atom. The van der Waals surface area contributed by atoms with Crippen molar-refractivity contribution in [1.29, 1.82) is 0 Å². The van der Waals surface area contributed by atoms with Crippen LogP contribution in [-0.2, 0) is 4.74 Å². The molecule has 1 aliphatic heterocycles. The number of hydrogen-bond donors (Lipinski definition) is 0. The predicted molar refractivity (Wildman–Crippen MR) is 88.6 cm³/mol. The van der Waals surface area contributed by atoms with E-state index >= 15 is 0 Å². The lowest BCUT2D eigenvalue weighted by molar-refractivity contribution is 0.0392. The Balaban J connectivity index is 1.62. The summed E-state index contributed by atoms with van der Waals surface area (Å²) in [5, 5.41) is 0. The molecule has 0 N–H and O–H groups in total. The molecular weight excluding hydrogens is 292 g/mol. The second kappa shape index (κ2) is 7.10. The average molecular weight is 316 g/mol. The number of nitrogens with zero attached hydrogens (tertiary/aromatic N) is 4. The number of imidazole rings is 1. The van der Waals surface area contributed by atoms with Crippen LogP contribution in [0.15, 0.2) is 30.7 Å². The van der Waals surface area contributed by atoms with Crippen LogP contribution < -0.4 is 0 Å². The second-order valence-corrected chi connectivity index (χ2v) is 5.94. The predicted octanol–water partition coefficient (Wildman–Crippen LogP) is 1.52. The first-order valence-electron chi connectivity index (χ1n) is 8.23.